The minimum atomic E-state index is -0.171. The topological polar surface area (TPSA) is 50.4 Å². The van der Waals surface area contributed by atoms with E-state index in [1.54, 1.807) is 0 Å². The first-order valence-corrected chi connectivity index (χ1v) is 5.98. The molecule has 4 nitrogen and oxygen atoms in total. The third-order valence-electron chi connectivity index (χ3n) is 2.26. The Morgan fingerprint density at radius 2 is 2.06 bits per heavy atom. The molecule has 0 unspecified atom stereocenters. The van der Waals surface area contributed by atoms with Gasteiger partial charge in [0.15, 0.2) is 0 Å². The van der Waals surface area contributed by atoms with Crippen molar-refractivity contribution in [3.8, 4) is 0 Å². The zero-order valence-electron chi connectivity index (χ0n) is 10.5. The minimum absolute atomic E-state index is 0.171. The van der Waals surface area contributed by atoms with E-state index in [1.165, 1.54) is 0 Å². The van der Waals surface area contributed by atoms with E-state index in [-0.39, 0.29) is 6.03 Å². The van der Waals surface area contributed by atoms with Crippen LogP contribution in [0.4, 0.5) is 10.5 Å². The van der Waals surface area contributed by atoms with Gasteiger partial charge in [0.05, 0.1) is 6.61 Å². The number of hydrogen-bond donors (Lipinski definition) is 2. The van der Waals surface area contributed by atoms with Gasteiger partial charge in [-0.05, 0) is 19.4 Å². The smallest absolute Gasteiger partial charge is 0.319 e. The molecule has 0 saturated carbocycles. The van der Waals surface area contributed by atoms with Gasteiger partial charge in [0.2, 0.25) is 0 Å². The molecule has 0 aliphatic rings. The number of carbonyl (C=O) groups excluding carboxylic acids is 1. The van der Waals surface area contributed by atoms with E-state index in [4.69, 9.17) is 4.74 Å². The highest BCUT2D eigenvalue weighted by Crippen LogP contribution is 2.15. The fraction of sp³-hybridized carbons (Fsp3) is 0.462. The van der Waals surface area contributed by atoms with Crippen LogP contribution in [0.5, 0.6) is 0 Å². The van der Waals surface area contributed by atoms with E-state index in [0.717, 1.165) is 17.7 Å². The molecule has 1 rings (SSSR count). The second-order valence-electron chi connectivity index (χ2n) is 3.68. The summed E-state index contributed by atoms with van der Waals surface area (Å²) in [6.45, 7) is 5.82. The largest absolute Gasteiger partial charge is 0.377 e. The van der Waals surface area contributed by atoms with Gasteiger partial charge in [-0.25, -0.2) is 4.79 Å². The first-order chi connectivity index (χ1) is 8.27. The molecule has 17 heavy (non-hydrogen) atoms. The lowest BCUT2D eigenvalue weighted by Gasteiger charge is -2.11. The van der Waals surface area contributed by atoms with E-state index in [2.05, 4.69) is 10.6 Å². The molecule has 2 N–H and O–H groups in total. The number of amides is 2. The molecule has 0 heterocycles. The van der Waals surface area contributed by atoms with E-state index >= 15 is 0 Å². The SMILES string of the molecule is CCCNC(=O)Nc1ccccc1COCC. The van der Waals surface area contributed by atoms with Gasteiger partial charge in [-0.1, -0.05) is 25.1 Å². The Morgan fingerprint density at radius 3 is 2.76 bits per heavy atom. The highest BCUT2D eigenvalue weighted by molar-refractivity contribution is 5.90. The van der Waals surface area contributed by atoms with Crippen LogP contribution in [0.3, 0.4) is 0 Å². The Hall–Kier alpha value is -1.55. The monoisotopic (exact) mass is 236 g/mol. The zero-order valence-corrected chi connectivity index (χ0v) is 10.5. The van der Waals surface area contributed by atoms with Gasteiger partial charge in [-0.2, -0.15) is 0 Å². The summed E-state index contributed by atoms with van der Waals surface area (Å²) in [5.41, 5.74) is 1.79. The second kappa shape index (κ2) is 7.68. The van der Waals surface area contributed by atoms with Gasteiger partial charge >= 0.3 is 6.03 Å². The Morgan fingerprint density at radius 1 is 1.29 bits per heavy atom. The molecule has 0 aromatic heterocycles. The number of carbonyl (C=O) groups is 1. The van der Waals surface area contributed by atoms with Crippen molar-refractivity contribution in [2.75, 3.05) is 18.5 Å². The number of hydrogen-bond acceptors (Lipinski definition) is 2. The molecule has 2 amide bonds. The number of anilines is 1. The molecule has 1 aromatic carbocycles. The standard InChI is InChI=1S/C13H20N2O2/c1-3-9-14-13(16)15-12-8-6-5-7-11(12)10-17-4-2/h5-8H,3-4,9-10H2,1-2H3,(H2,14,15,16). The normalized spacial score (nSPS) is 10.0. The van der Waals surface area contributed by atoms with Crippen molar-refractivity contribution >= 4 is 11.7 Å². The molecule has 0 bridgehead atoms. The summed E-state index contributed by atoms with van der Waals surface area (Å²) in [4.78, 5) is 11.5. The van der Waals surface area contributed by atoms with Crippen LogP contribution in [0.15, 0.2) is 24.3 Å². The second-order valence-corrected chi connectivity index (χ2v) is 3.68. The molecule has 1 aromatic rings. The lowest BCUT2D eigenvalue weighted by Crippen LogP contribution is -2.29. The molecule has 0 aliphatic heterocycles. The van der Waals surface area contributed by atoms with Gasteiger partial charge in [-0.15, -0.1) is 0 Å². The highest BCUT2D eigenvalue weighted by Gasteiger charge is 2.05. The molecule has 4 heteroatoms. The summed E-state index contributed by atoms with van der Waals surface area (Å²) >= 11 is 0. The van der Waals surface area contributed by atoms with Gasteiger partial charge < -0.3 is 15.4 Å². The molecular formula is C13H20N2O2. The first kappa shape index (κ1) is 13.5. The lowest BCUT2D eigenvalue weighted by molar-refractivity contribution is 0.134. The van der Waals surface area contributed by atoms with Crippen molar-refractivity contribution < 1.29 is 9.53 Å². The van der Waals surface area contributed by atoms with Crippen LogP contribution in [0, 0.1) is 0 Å². The average molecular weight is 236 g/mol. The van der Waals surface area contributed by atoms with Crippen molar-refractivity contribution in [3.05, 3.63) is 29.8 Å². The summed E-state index contributed by atoms with van der Waals surface area (Å²) in [6.07, 6.45) is 0.925. The molecule has 94 valence electrons. The molecular weight excluding hydrogens is 216 g/mol. The van der Waals surface area contributed by atoms with Crippen LogP contribution in [0.2, 0.25) is 0 Å². The fourth-order valence-corrected chi connectivity index (χ4v) is 1.39. The maximum atomic E-state index is 11.5. The van der Waals surface area contributed by atoms with Crippen molar-refractivity contribution in [2.45, 2.75) is 26.9 Å². The minimum Gasteiger partial charge on any atom is -0.377 e. The summed E-state index contributed by atoms with van der Waals surface area (Å²) in [5, 5.41) is 5.60. The van der Waals surface area contributed by atoms with Gasteiger partial charge in [-0.3, -0.25) is 0 Å². The van der Waals surface area contributed by atoms with E-state index in [0.29, 0.717) is 19.8 Å². The van der Waals surface area contributed by atoms with Crippen LogP contribution >= 0.6 is 0 Å². The van der Waals surface area contributed by atoms with Crippen molar-refractivity contribution in [1.82, 2.24) is 5.32 Å². The van der Waals surface area contributed by atoms with E-state index in [9.17, 15) is 4.79 Å². The number of nitrogens with one attached hydrogen (secondary N) is 2. The van der Waals surface area contributed by atoms with Crippen LogP contribution in [-0.2, 0) is 11.3 Å². The number of para-hydroxylation sites is 1. The number of ether oxygens (including phenoxy) is 1. The summed E-state index contributed by atoms with van der Waals surface area (Å²) in [6, 6.07) is 7.48. The van der Waals surface area contributed by atoms with E-state index < -0.39 is 0 Å². The van der Waals surface area contributed by atoms with Gasteiger partial charge in [0.1, 0.15) is 0 Å². The molecule has 0 aliphatic carbocycles. The predicted octanol–water partition coefficient (Wildman–Crippen LogP) is 2.75. The zero-order chi connectivity index (χ0) is 12.5. The lowest BCUT2D eigenvalue weighted by atomic mass is 10.2. The number of rotatable bonds is 6. The number of benzene rings is 1. The van der Waals surface area contributed by atoms with Crippen LogP contribution in [0.25, 0.3) is 0 Å². The third kappa shape index (κ3) is 4.87. The molecule has 0 atom stereocenters. The Bertz CT molecular complexity index is 353. The van der Waals surface area contributed by atoms with Crippen LogP contribution in [0.1, 0.15) is 25.8 Å². The maximum Gasteiger partial charge on any atom is 0.319 e. The quantitative estimate of drug-likeness (QED) is 0.798. The fourth-order valence-electron chi connectivity index (χ4n) is 1.39. The molecule has 0 saturated heterocycles. The Labute approximate surface area is 102 Å². The molecule has 0 spiro atoms. The number of urea groups is 1. The average Bonchev–Trinajstić information content (AvgIpc) is 2.35. The summed E-state index contributed by atoms with van der Waals surface area (Å²) < 4.78 is 5.35. The van der Waals surface area contributed by atoms with Crippen molar-refractivity contribution in [1.29, 1.82) is 0 Å². The molecule has 0 fully saturated rings. The van der Waals surface area contributed by atoms with Gasteiger partial charge in [0, 0.05) is 24.4 Å². The Balaban J connectivity index is 2.59. The van der Waals surface area contributed by atoms with Crippen molar-refractivity contribution in [3.63, 3.8) is 0 Å². The summed E-state index contributed by atoms with van der Waals surface area (Å²) in [7, 11) is 0. The Kier molecular flexibility index (Phi) is 6.10. The van der Waals surface area contributed by atoms with Crippen LogP contribution < -0.4 is 10.6 Å². The molecule has 0 radical (unpaired) electrons. The first-order valence-electron chi connectivity index (χ1n) is 5.98. The van der Waals surface area contributed by atoms with E-state index in [1.807, 2.05) is 38.1 Å². The van der Waals surface area contributed by atoms with Crippen molar-refractivity contribution in [2.24, 2.45) is 0 Å². The van der Waals surface area contributed by atoms with Crippen LogP contribution in [-0.4, -0.2) is 19.2 Å². The third-order valence-corrected chi connectivity index (χ3v) is 2.26. The highest BCUT2D eigenvalue weighted by atomic mass is 16.5. The maximum absolute atomic E-state index is 11.5. The summed E-state index contributed by atoms with van der Waals surface area (Å²) in [5.74, 6) is 0. The predicted molar refractivity (Wildman–Crippen MR) is 69.1 cm³/mol. The van der Waals surface area contributed by atoms with Gasteiger partial charge in [0.25, 0.3) is 0 Å².